The van der Waals surface area contributed by atoms with E-state index in [0.717, 1.165) is 12.1 Å². The SMILES string of the molecule is Oc1c(F)ccc(F)c1[C@H](CF)N1CCNCC1. The molecule has 1 saturated heterocycles. The van der Waals surface area contributed by atoms with Crippen LogP contribution in [0.15, 0.2) is 12.1 Å². The highest BCUT2D eigenvalue weighted by atomic mass is 19.1. The molecule has 2 rings (SSSR count). The van der Waals surface area contributed by atoms with Gasteiger partial charge < -0.3 is 10.4 Å². The number of rotatable bonds is 3. The van der Waals surface area contributed by atoms with E-state index in [1.165, 1.54) is 0 Å². The molecule has 0 unspecified atom stereocenters. The zero-order valence-corrected chi connectivity index (χ0v) is 9.80. The molecule has 1 heterocycles. The van der Waals surface area contributed by atoms with Crippen molar-refractivity contribution < 1.29 is 18.3 Å². The maximum Gasteiger partial charge on any atom is 0.165 e. The Morgan fingerprint density at radius 3 is 2.44 bits per heavy atom. The van der Waals surface area contributed by atoms with Gasteiger partial charge in [-0.25, -0.2) is 13.2 Å². The molecule has 0 saturated carbocycles. The minimum Gasteiger partial charge on any atom is -0.505 e. The van der Waals surface area contributed by atoms with Crippen LogP contribution in [-0.4, -0.2) is 42.9 Å². The first-order valence-electron chi connectivity index (χ1n) is 5.82. The minimum atomic E-state index is -0.942. The molecule has 1 fully saturated rings. The lowest BCUT2D eigenvalue weighted by Gasteiger charge is -2.34. The quantitative estimate of drug-likeness (QED) is 0.866. The lowest BCUT2D eigenvalue weighted by Crippen LogP contribution is -2.45. The van der Waals surface area contributed by atoms with Gasteiger partial charge in [0.15, 0.2) is 11.6 Å². The van der Waals surface area contributed by atoms with E-state index >= 15 is 0 Å². The van der Waals surface area contributed by atoms with Crippen LogP contribution in [-0.2, 0) is 0 Å². The van der Waals surface area contributed by atoms with Crippen LogP contribution in [0, 0.1) is 11.6 Å². The summed E-state index contributed by atoms with van der Waals surface area (Å²) in [6.45, 7) is 1.52. The summed E-state index contributed by atoms with van der Waals surface area (Å²) in [7, 11) is 0. The number of piperazine rings is 1. The molecule has 0 bridgehead atoms. The van der Waals surface area contributed by atoms with E-state index in [2.05, 4.69) is 5.32 Å². The van der Waals surface area contributed by atoms with Crippen molar-refractivity contribution >= 4 is 0 Å². The molecule has 0 aliphatic carbocycles. The van der Waals surface area contributed by atoms with Gasteiger partial charge in [-0.05, 0) is 12.1 Å². The molecule has 0 aromatic heterocycles. The second kappa shape index (κ2) is 5.58. The van der Waals surface area contributed by atoms with Gasteiger partial charge in [0.05, 0.1) is 11.6 Å². The van der Waals surface area contributed by atoms with Crippen LogP contribution in [0.25, 0.3) is 0 Å². The zero-order chi connectivity index (χ0) is 13.1. The van der Waals surface area contributed by atoms with Crippen molar-refractivity contribution in [3.8, 4) is 5.75 Å². The third kappa shape index (κ3) is 2.44. The van der Waals surface area contributed by atoms with Crippen molar-refractivity contribution in [2.24, 2.45) is 0 Å². The number of phenols is 1. The Balaban J connectivity index is 2.34. The summed E-state index contributed by atoms with van der Waals surface area (Å²) in [5.41, 5.74) is -0.292. The van der Waals surface area contributed by atoms with Gasteiger partial charge in [0.1, 0.15) is 12.5 Å². The van der Waals surface area contributed by atoms with Gasteiger partial charge in [-0.3, -0.25) is 4.90 Å². The molecule has 2 N–H and O–H groups in total. The smallest absolute Gasteiger partial charge is 0.165 e. The first kappa shape index (κ1) is 13.2. The third-order valence-electron chi connectivity index (χ3n) is 3.19. The van der Waals surface area contributed by atoms with Crippen LogP contribution in [0.5, 0.6) is 5.75 Å². The molecule has 1 aliphatic rings. The zero-order valence-electron chi connectivity index (χ0n) is 9.80. The van der Waals surface area contributed by atoms with E-state index in [1.807, 2.05) is 0 Å². The molecule has 0 spiro atoms. The fraction of sp³-hybridized carbons (Fsp3) is 0.500. The number of nitrogens with one attached hydrogen (secondary N) is 1. The van der Waals surface area contributed by atoms with Crippen LogP contribution in [0.4, 0.5) is 13.2 Å². The average molecular weight is 260 g/mol. The molecule has 1 atom stereocenters. The first-order valence-corrected chi connectivity index (χ1v) is 5.82. The predicted octanol–water partition coefficient (Wildman–Crippen LogP) is 1.59. The topological polar surface area (TPSA) is 35.5 Å². The van der Waals surface area contributed by atoms with Crippen LogP contribution in [0.1, 0.15) is 11.6 Å². The Kier molecular flexibility index (Phi) is 4.08. The Morgan fingerprint density at radius 1 is 1.22 bits per heavy atom. The summed E-state index contributed by atoms with van der Waals surface area (Å²) in [5.74, 6) is -2.51. The van der Waals surface area contributed by atoms with Crippen molar-refractivity contribution in [1.29, 1.82) is 0 Å². The summed E-state index contributed by atoms with van der Waals surface area (Å²) in [5, 5.41) is 12.7. The number of hydrogen-bond donors (Lipinski definition) is 2. The van der Waals surface area contributed by atoms with Gasteiger partial charge in [-0.2, -0.15) is 0 Å². The molecule has 6 heteroatoms. The summed E-state index contributed by atoms with van der Waals surface area (Å²) < 4.78 is 40.1. The summed E-state index contributed by atoms with van der Waals surface area (Å²) in [6.07, 6.45) is 0. The molecule has 1 aliphatic heterocycles. The van der Waals surface area contributed by atoms with Crippen LogP contribution >= 0.6 is 0 Å². The number of halogens is 3. The van der Waals surface area contributed by atoms with Crippen molar-refractivity contribution in [3.63, 3.8) is 0 Å². The van der Waals surface area contributed by atoms with Gasteiger partial charge in [-0.15, -0.1) is 0 Å². The molecule has 3 nitrogen and oxygen atoms in total. The highest BCUT2D eigenvalue weighted by molar-refractivity contribution is 5.37. The number of nitrogens with zero attached hydrogens (tertiary/aromatic N) is 1. The maximum absolute atomic E-state index is 13.7. The van der Waals surface area contributed by atoms with Crippen LogP contribution < -0.4 is 5.32 Å². The van der Waals surface area contributed by atoms with E-state index in [4.69, 9.17) is 0 Å². The maximum atomic E-state index is 13.7. The van der Waals surface area contributed by atoms with Crippen LogP contribution in [0.3, 0.4) is 0 Å². The number of phenolic OH excluding ortho intramolecular Hbond substituents is 1. The molecular weight excluding hydrogens is 245 g/mol. The van der Waals surface area contributed by atoms with Crippen molar-refractivity contribution in [2.45, 2.75) is 6.04 Å². The van der Waals surface area contributed by atoms with Crippen molar-refractivity contribution in [3.05, 3.63) is 29.3 Å². The fourth-order valence-electron chi connectivity index (χ4n) is 2.22. The Bertz CT molecular complexity index is 422. The van der Waals surface area contributed by atoms with Gasteiger partial charge in [0, 0.05) is 26.2 Å². The standard InChI is InChI=1S/C12H15F3N2O/c13-7-10(17-5-3-16-4-6-17)11-8(14)1-2-9(15)12(11)18/h1-2,10,16,18H,3-7H2/t10-/m0/s1. The summed E-state index contributed by atoms with van der Waals surface area (Å²) >= 11 is 0. The Labute approximate surface area is 103 Å². The summed E-state index contributed by atoms with van der Waals surface area (Å²) in [6, 6.07) is 0.805. The Hall–Kier alpha value is -1.27. The predicted molar refractivity (Wildman–Crippen MR) is 61.2 cm³/mol. The highest BCUT2D eigenvalue weighted by Gasteiger charge is 2.28. The van der Waals surface area contributed by atoms with Crippen molar-refractivity contribution in [1.82, 2.24) is 10.2 Å². The molecule has 1 aromatic carbocycles. The van der Waals surface area contributed by atoms with Gasteiger partial charge in [0.2, 0.25) is 0 Å². The number of alkyl halides is 1. The Morgan fingerprint density at radius 2 is 1.83 bits per heavy atom. The van der Waals surface area contributed by atoms with Gasteiger partial charge >= 0.3 is 0 Å². The molecule has 0 amide bonds. The molecule has 1 aromatic rings. The van der Waals surface area contributed by atoms with E-state index in [0.29, 0.717) is 26.2 Å². The van der Waals surface area contributed by atoms with Crippen molar-refractivity contribution in [2.75, 3.05) is 32.9 Å². The molecule has 0 radical (unpaired) electrons. The van der Waals surface area contributed by atoms with Gasteiger partial charge in [0.25, 0.3) is 0 Å². The second-order valence-electron chi connectivity index (χ2n) is 4.25. The summed E-state index contributed by atoms with van der Waals surface area (Å²) in [4.78, 5) is 1.70. The number of hydrogen-bond acceptors (Lipinski definition) is 3. The lowest BCUT2D eigenvalue weighted by molar-refractivity contribution is 0.141. The molecular formula is C12H15F3N2O. The minimum absolute atomic E-state index is 0.292. The van der Waals surface area contributed by atoms with E-state index in [9.17, 15) is 18.3 Å². The van der Waals surface area contributed by atoms with Gasteiger partial charge in [-0.1, -0.05) is 0 Å². The largest absolute Gasteiger partial charge is 0.505 e. The van der Waals surface area contributed by atoms with E-state index < -0.39 is 30.1 Å². The van der Waals surface area contributed by atoms with E-state index in [-0.39, 0.29) is 5.56 Å². The second-order valence-corrected chi connectivity index (χ2v) is 4.25. The van der Waals surface area contributed by atoms with Crippen LogP contribution in [0.2, 0.25) is 0 Å². The third-order valence-corrected chi connectivity index (χ3v) is 3.19. The number of benzene rings is 1. The molecule has 100 valence electrons. The molecule has 18 heavy (non-hydrogen) atoms. The average Bonchev–Trinajstić information content (AvgIpc) is 2.40. The highest BCUT2D eigenvalue weighted by Crippen LogP contribution is 2.33. The normalized spacial score (nSPS) is 18.8. The van der Waals surface area contributed by atoms with E-state index in [1.54, 1.807) is 4.90 Å². The first-order chi connectivity index (χ1) is 8.65. The monoisotopic (exact) mass is 260 g/mol. The number of aromatic hydroxyl groups is 1. The lowest BCUT2D eigenvalue weighted by atomic mass is 10.0. The fourth-order valence-corrected chi connectivity index (χ4v) is 2.22.